The zero-order valence-corrected chi connectivity index (χ0v) is 13.8. The van der Waals surface area contributed by atoms with Gasteiger partial charge in [0.25, 0.3) is 0 Å². The van der Waals surface area contributed by atoms with Gasteiger partial charge in [-0.25, -0.2) is 13.4 Å². The van der Waals surface area contributed by atoms with Crippen LogP contribution in [0.4, 0.5) is 0 Å². The van der Waals surface area contributed by atoms with E-state index in [1.54, 1.807) is 6.07 Å². The third kappa shape index (κ3) is 3.05. The fourth-order valence-corrected chi connectivity index (χ4v) is 5.00. The van der Waals surface area contributed by atoms with E-state index in [0.29, 0.717) is 23.7 Å². The fraction of sp³-hybridized carbons (Fsp3) is 0.500. The van der Waals surface area contributed by atoms with E-state index in [4.69, 9.17) is 23.2 Å². The number of benzene rings is 1. The summed E-state index contributed by atoms with van der Waals surface area (Å²) in [5, 5.41) is 0.625. The van der Waals surface area contributed by atoms with Crippen molar-refractivity contribution in [3.05, 3.63) is 29.0 Å². The molecule has 1 aromatic heterocycles. The second-order valence-electron chi connectivity index (χ2n) is 5.38. The number of rotatable bonds is 3. The van der Waals surface area contributed by atoms with E-state index in [1.807, 2.05) is 16.7 Å². The first-order valence-electron chi connectivity index (χ1n) is 6.93. The van der Waals surface area contributed by atoms with Crippen LogP contribution in [0.25, 0.3) is 11.0 Å². The molecule has 1 saturated heterocycles. The molecule has 2 aromatic rings. The van der Waals surface area contributed by atoms with Crippen molar-refractivity contribution >= 4 is 44.1 Å². The van der Waals surface area contributed by atoms with Gasteiger partial charge in [-0.1, -0.05) is 11.6 Å². The van der Waals surface area contributed by atoms with Crippen molar-refractivity contribution in [3.63, 3.8) is 0 Å². The van der Waals surface area contributed by atoms with Gasteiger partial charge in [0.1, 0.15) is 5.82 Å². The first-order chi connectivity index (χ1) is 10.00. The lowest BCUT2D eigenvalue weighted by Gasteiger charge is -2.25. The van der Waals surface area contributed by atoms with Gasteiger partial charge in [0, 0.05) is 23.4 Å². The summed E-state index contributed by atoms with van der Waals surface area (Å²) in [6.07, 6.45) is 2.14. The third-order valence-corrected chi connectivity index (χ3v) is 6.07. The van der Waals surface area contributed by atoms with Gasteiger partial charge in [-0.05, 0) is 31.0 Å². The molecule has 0 bridgehead atoms. The number of hydrogen-bond acceptors (Lipinski definition) is 3. The summed E-state index contributed by atoms with van der Waals surface area (Å²) in [6.45, 7) is 0. The molecular formula is C14H16Cl2N2O2S. The van der Waals surface area contributed by atoms with Crippen LogP contribution in [-0.4, -0.2) is 35.4 Å². The number of aromatic nitrogens is 2. The van der Waals surface area contributed by atoms with Crippen molar-refractivity contribution in [2.24, 2.45) is 0 Å². The summed E-state index contributed by atoms with van der Waals surface area (Å²) < 4.78 is 25.9. The molecular weight excluding hydrogens is 331 g/mol. The minimum Gasteiger partial charge on any atom is -0.324 e. The van der Waals surface area contributed by atoms with E-state index < -0.39 is 9.84 Å². The quantitative estimate of drug-likeness (QED) is 0.801. The smallest absolute Gasteiger partial charge is 0.152 e. The molecule has 1 atom stereocenters. The number of aryl methyl sites for hydroxylation is 1. The topological polar surface area (TPSA) is 52.0 Å². The summed E-state index contributed by atoms with van der Waals surface area (Å²) in [7, 11) is -2.98. The van der Waals surface area contributed by atoms with E-state index in [2.05, 4.69) is 4.98 Å². The Morgan fingerprint density at radius 1 is 1.38 bits per heavy atom. The lowest BCUT2D eigenvalue weighted by Crippen LogP contribution is -2.28. The van der Waals surface area contributed by atoms with E-state index in [-0.39, 0.29) is 17.5 Å². The normalized spacial score (nSPS) is 21.7. The van der Waals surface area contributed by atoms with Crippen LogP contribution in [0.1, 0.15) is 24.7 Å². The number of hydrogen-bond donors (Lipinski definition) is 0. The second-order valence-corrected chi connectivity index (χ2v) is 8.42. The third-order valence-electron chi connectivity index (χ3n) is 3.85. The highest BCUT2D eigenvalue weighted by Crippen LogP contribution is 2.30. The number of nitrogens with zero attached hydrogens (tertiary/aromatic N) is 2. The molecule has 0 spiro atoms. The highest BCUT2D eigenvalue weighted by atomic mass is 35.5. The molecule has 114 valence electrons. The number of alkyl halides is 1. The van der Waals surface area contributed by atoms with Crippen LogP contribution in [0, 0.1) is 0 Å². The summed E-state index contributed by atoms with van der Waals surface area (Å²) in [6, 6.07) is 5.43. The molecule has 1 aliphatic rings. The second kappa shape index (κ2) is 5.78. The van der Waals surface area contributed by atoms with Crippen LogP contribution >= 0.6 is 23.2 Å². The van der Waals surface area contributed by atoms with Crippen LogP contribution in [-0.2, 0) is 16.3 Å². The van der Waals surface area contributed by atoms with E-state index in [1.165, 1.54) is 0 Å². The molecule has 1 unspecified atom stereocenters. The van der Waals surface area contributed by atoms with Crippen molar-refractivity contribution in [1.82, 2.24) is 9.55 Å². The number of halogens is 2. The largest absolute Gasteiger partial charge is 0.324 e. The Balaban J connectivity index is 2.14. The van der Waals surface area contributed by atoms with Crippen molar-refractivity contribution in [2.75, 3.05) is 17.4 Å². The predicted octanol–water partition coefficient (Wildman–Crippen LogP) is 3.22. The Bertz CT molecular complexity index is 771. The van der Waals surface area contributed by atoms with Crippen molar-refractivity contribution < 1.29 is 8.42 Å². The Morgan fingerprint density at radius 2 is 2.19 bits per heavy atom. The maximum Gasteiger partial charge on any atom is 0.152 e. The van der Waals surface area contributed by atoms with Crippen molar-refractivity contribution in [2.45, 2.75) is 25.3 Å². The molecule has 2 heterocycles. The molecule has 1 aromatic carbocycles. The van der Waals surface area contributed by atoms with Crippen LogP contribution in [0.15, 0.2) is 18.2 Å². The molecule has 4 nitrogen and oxygen atoms in total. The van der Waals surface area contributed by atoms with Gasteiger partial charge >= 0.3 is 0 Å². The predicted molar refractivity (Wildman–Crippen MR) is 86.1 cm³/mol. The van der Waals surface area contributed by atoms with Gasteiger partial charge in [-0.15, -0.1) is 11.6 Å². The zero-order chi connectivity index (χ0) is 15.0. The number of imidazole rings is 1. The monoisotopic (exact) mass is 346 g/mol. The van der Waals surface area contributed by atoms with Gasteiger partial charge in [0.15, 0.2) is 9.84 Å². The highest BCUT2D eigenvalue weighted by Gasteiger charge is 2.28. The molecule has 21 heavy (non-hydrogen) atoms. The summed E-state index contributed by atoms with van der Waals surface area (Å²) >= 11 is 12.0. The number of sulfone groups is 1. The number of fused-ring (bicyclic) bond motifs is 1. The van der Waals surface area contributed by atoms with E-state index >= 15 is 0 Å². The van der Waals surface area contributed by atoms with Crippen LogP contribution in [0.2, 0.25) is 5.02 Å². The fourth-order valence-electron chi connectivity index (χ4n) is 2.99. The van der Waals surface area contributed by atoms with Crippen LogP contribution < -0.4 is 0 Å². The summed E-state index contributed by atoms with van der Waals surface area (Å²) in [4.78, 5) is 4.59. The molecule has 7 heteroatoms. The minimum absolute atomic E-state index is 0.0783. The zero-order valence-electron chi connectivity index (χ0n) is 11.4. The molecule has 0 radical (unpaired) electrons. The molecule has 0 saturated carbocycles. The minimum atomic E-state index is -2.98. The molecule has 0 N–H and O–H groups in total. The molecule has 1 aliphatic heterocycles. The van der Waals surface area contributed by atoms with Gasteiger partial charge in [0.2, 0.25) is 0 Å². The maximum absolute atomic E-state index is 11.9. The Hall–Kier alpha value is -0.780. The van der Waals surface area contributed by atoms with Gasteiger partial charge in [0.05, 0.1) is 22.5 Å². The maximum atomic E-state index is 11.9. The first kappa shape index (κ1) is 15.1. The van der Waals surface area contributed by atoms with Gasteiger partial charge in [-0.3, -0.25) is 0 Å². The first-order valence-corrected chi connectivity index (χ1v) is 9.66. The van der Waals surface area contributed by atoms with Crippen molar-refractivity contribution in [1.29, 1.82) is 0 Å². The standard InChI is InChI=1S/C14H16Cl2N2O2S/c15-6-5-14-17-12-4-3-10(16)8-13(12)18(14)11-2-1-7-21(19,20)9-11/h3-4,8,11H,1-2,5-7,9H2. The molecule has 0 aliphatic carbocycles. The molecule has 0 amide bonds. The molecule has 1 fully saturated rings. The van der Waals surface area contributed by atoms with Crippen LogP contribution in [0.5, 0.6) is 0 Å². The SMILES string of the molecule is O=S1(=O)CCCC(n2c(CCCl)nc3ccc(Cl)cc32)C1. The molecule has 3 rings (SSSR count). The highest BCUT2D eigenvalue weighted by molar-refractivity contribution is 7.91. The lowest BCUT2D eigenvalue weighted by atomic mass is 10.1. The lowest BCUT2D eigenvalue weighted by molar-refractivity contribution is 0.468. The average molecular weight is 347 g/mol. The summed E-state index contributed by atoms with van der Waals surface area (Å²) in [5.74, 6) is 1.74. The average Bonchev–Trinajstić information content (AvgIpc) is 2.75. The van der Waals surface area contributed by atoms with Crippen molar-refractivity contribution in [3.8, 4) is 0 Å². The summed E-state index contributed by atoms with van der Waals surface area (Å²) in [5.41, 5.74) is 1.73. The van der Waals surface area contributed by atoms with E-state index in [9.17, 15) is 8.42 Å². The van der Waals surface area contributed by atoms with Crippen LogP contribution in [0.3, 0.4) is 0 Å². The van der Waals surface area contributed by atoms with E-state index in [0.717, 1.165) is 23.3 Å². The van der Waals surface area contributed by atoms with Gasteiger partial charge in [-0.2, -0.15) is 0 Å². The Kier molecular flexibility index (Phi) is 4.17. The Labute approximate surface area is 134 Å². The van der Waals surface area contributed by atoms with Gasteiger partial charge < -0.3 is 4.57 Å². The Morgan fingerprint density at radius 3 is 2.90 bits per heavy atom.